The molecule has 2 nitrogen and oxygen atoms in total. The first-order valence-electron chi connectivity index (χ1n) is 7.58. The number of nitrogens with one attached hydrogen (secondary N) is 1. The van der Waals surface area contributed by atoms with Crippen LogP contribution in [0.1, 0.15) is 34.7 Å². The van der Waals surface area contributed by atoms with E-state index in [-0.39, 0.29) is 0 Å². The van der Waals surface area contributed by atoms with Crippen molar-refractivity contribution in [3.8, 4) is 0 Å². The molecule has 0 spiro atoms. The van der Waals surface area contributed by atoms with Crippen molar-refractivity contribution >= 4 is 11.3 Å². The Hall–Kier alpha value is -1.16. The Balaban J connectivity index is 1.86. The smallest absolute Gasteiger partial charge is 0.0328 e. The summed E-state index contributed by atoms with van der Waals surface area (Å²) in [6.45, 7) is 9.51. The van der Waals surface area contributed by atoms with E-state index in [9.17, 15) is 0 Å². The van der Waals surface area contributed by atoms with E-state index in [2.05, 4.69) is 74.4 Å². The van der Waals surface area contributed by atoms with Gasteiger partial charge in [0.15, 0.2) is 0 Å². The first-order valence-corrected chi connectivity index (χ1v) is 8.39. The standard InChI is InChI=1S/C18H26N2S/c1-14(2)19-11-17-8-9-18(21-17)13-20(4)12-16-7-5-6-15(3)10-16/h5-10,14,19H,11-13H2,1-4H3. The molecule has 0 amide bonds. The van der Waals surface area contributed by atoms with Crippen molar-refractivity contribution < 1.29 is 0 Å². The Morgan fingerprint density at radius 3 is 2.57 bits per heavy atom. The highest BCUT2D eigenvalue weighted by Gasteiger charge is 2.05. The Kier molecular flexibility index (Phi) is 5.97. The fraction of sp³-hybridized carbons (Fsp3) is 0.444. The molecule has 0 atom stereocenters. The van der Waals surface area contributed by atoms with Gasteiger partial charge in [-0.3, -0.25) is 4.90 Å². The summed E-state index contributed by atoms with van der Waals surface area (Å²) in [6.07, 6.45) is 0. The van der Waals surface area contributed by atoms with Gasteiger partial charge in [0.05, 0.1) is 0 Å². The maximum Gasteiger partial charge on any atom is 0.0328 e. The molecule has 0 radical (unpaired) electrons. The van der Waals surface area contributed by atoms with Crippen molar-refractivity contribution in [1.82, 2.24) is 10.2 Å². The zero-order chi connectivity index (χ0) is 15.2. The van der Waals surface area contributed by atoms with Gasteiger partial charge in [0, 0.05) is 35.4 Å². The van der Waals surface area contributed by atoms with E-state index in [1.54, 1.807) is 0 Å². The number of benzene rings is 1. The molecule has 1 heterocycles. The average molecular weight is 302 g/mol. The molecule has 2 rings (SSSR count). The summed E-state index contributed by atoms with van der Waals surface area (Å²) in [7, 11) is 2.19. The van der Waals surface area contributed by atoms with Gasteiger partial charge in [-0.2, -0.15) is 0 Å². The number of rotatable bonds is 7. The normalized spacial score (nSPS) is 11.5. The van der Waals surface area contributed by atoms with E-state index in [1.165, 1.54) is 20.9 Å². The molecule has 1 N–H and O–H groups in total. The minimum Gasteiger partial charge on any atom is -0.310 e. The van der Waals surface area contributed by atoms with Crippen molar-refractivity contribution in [2.45, 2.75) is 46.4 Å². The lowest BCUT2D eigenvalue weighted by Crippen LogP contribution is -2.21. The quantitative estimate of drug-likeness (QED) is 0.825. The number of nitrogens with zero attached hydrogens (tertiary/aromatic N) is 1. The lowest BCUT2D eigenvalue weighted by Gasteiger charge is -2.16. The van der Waals surface area contributed by atoms with Crippen LogP contribution in [0, 0.1) is 6.92 Å². The second-order valence-electron chi connectivity index (χ2n) is 6.06. The molecule has 0 bridgehead atoms. The summed E-state index contributed by atoms with van der Waals surface area (Å²) >= 11 is 1.91. The maximum atomic E-state index is 3.47. The number of hydrogen-bond acceptors (Lipinski definition) is 3. The average Bonchev–Trinajstić information content (AvgIpc) is 2.83. The van der Waals surface area contributed by atoms with Crippen molar-refractivity contribution in [2.75, 3.05) is 7.05 Å². The molecule has 0 fully saturated rings. The van der Waals surface area contributed by atoms with Crippen LogP contribution in [-0.4, -0.2) is 18.0 Å². The predicted molar refractivity (Wildman–Crippen MR) is 92.6 cm³/mol. The molecule has 0 unspecified atom stereocenters. The molecule has 1 aromatic carbocycles. The highest BCUT2D eigenvalue weighted by Crippen LogP contribution is 2.19. The Morgan fingerprint density at radius 1 is 1.10 bits per heavy atom. The third-order valence-electron chi connectivity index (χ3n) is 3.36. The van der Waals surface area contributed by atoms with Crippen LogP contribution in [0.2, 0.25) is 0 Å². The summed E-state index contributed by atoms with van der Waals surface area (Å²) < 4.78 is 0. The van der Waals surface area contributed by atoms with Crippen molar-refractivity contribution in [2.24, 2.45) is 0 Å². The van der Waals surface area contributed by atoms with E-state index in [1.807, 2.05) is 11.3 Å². The molecular weight excluding hydrogens is 276 g/mol. The van der Waals surface area contributed by atoms with Crippen LogP contribution in [0.3, 0.4) is 0 Å². The minimum atomic E-state index is 0.541. The molecule has 21 heavy (non-hydrogen) atoms. The van der Waals surface area contributed by atoms with Crippen LogP contribution in [0.15, 0.2) is 36.4 Å². The highest BCUT2D eigenvalue weighted by molar-refractivity contribution is 7.11. The van der Waals surface area contributed by atoms with E-state index in [0.717, 1.165) is 19.6 Å². The molecule has 0 saturated heterocycles. The fourth-order valence-electron chi connectivity index (χ4n) is 2.35. The predicted octanol–water partition coefficient (Wildman–Crippen LogP) is 4.19. The van der Waals surface area contributed by atoms with Crippen molar-refractivity contribution in [1.29, 1.82) is 0 Å². The maximum absolute atomic E-state index is 3.47. The van der Waals surface area contributed by atoms with E-state index in [0.29, 0.717) is 6.04 Å². The molecule has 114 valence electrons. The van der Waals surface area contributed by atoms with Crippen LogP contribution in [0.5, 0.6) is 0 Å². The molecule has 2 aromatic rings. The largest absolute Gasteiger partial charge is 0.310 e. The Bertz CT molecular complexity index is 560. The van der Waals surface area contributed by atoms with Gasteiger partial charge in [-0.15, -0.1) is 11.3 Å². The Labute approximate surface area is 132 Å². The summed E-state index contributed by atoms with van der Waals surface area (Å²) in [5, 5.41) is 3.47. The molecular formula is C18H26N2S. The number of hydrogen-bond donors (Lipinski definition) is 1. The second-order valence-corrected chi connectivity index (χ2v) is 7.32. The van der Waals surface area contributed by atoms with E-state index in [4.69, 9.17) is 0 Å². The first kappa shape index (κ1) is 16.2. The number of thiophene rings is 1. The third kappa shape index (κ3) is 5.62. The van der Waals surface area contributed by atoms with Gasteiger partial charge >= 0.3 is 0 Å². The molecule has 3 heteroatoms. The van der Waals surface area contributed by atoms with Crippen LogP contribution >= 0.6 is 11.3 Å². The van der Waals surface area contributed by atoms with Gasteiger partial charge in [-0.05, 0) is 31.7 Å². The van der Waals surface area contributed by atoms with Gasteiger partial charge in [0.1, 0.15) is 0 Å². The zero-order valence-corrected chi connectivity index (χ0v) is 14.3. The Morgan fingerprint density at radius 2 is 1.86 bits per heavy atom. The number of aryl methyl sites for hydroxylation is 1. The zero-order valence-electron chi connectivity index (χ0n) is 13.5. The summed E-state index contributed by atoms with van der Waals surface area (Å²) in [6, 6.07) is 13.8. The molecule has 0 aliphatic rings. The van der Waals surface area contributed by atoms with Gasteiger partial charge in [0.2, 0.25) is 0 Å². The molecule has 0 saturated carbocycles. The van der Waals surface area contributed by atoms with Crippen LogP contribution in [-0.2, 0) is 19.6 Å². The second kappa shape index (κ2) is 7.74. The van der Waals surface area contributed by atoms with E-state index < -0.39 is 0 Å². The summed E-state index contributed by atoms with van der Waals surface area (Å²) in [5.41, 5.74) is 2.72. The first-order chi connectivity index (χ1) is 10.0. The lowest BCUT2D eigenvalue weighted by molar-refractivity contribution is 0.322. The van der Waals surface area contributed by atoms with Crippen LogP contribution < -0.4 is 5.32 Å². The highest BCUT2D eigenvalue weighted by atomic mass is 32.1. The minimum absolute atomic E-state index is 0.541. The van der Waals surface area contributed by atoms with Crippen LogP contribution in [0.25, 0.3) is 0 Å². The van der Waals surface area contributed by atoms with Crippen molar-refractivity contribution in [3.63, 3.8) is 0 Å². The van der Waals surface area contributed by atoms with Gasteiger partial charge < -0.3 is 5.32 Å². The van der Waals surface area contributed by atoms with Gasteiger partial charge in [0.25, 0.3) is 0 Å². The fourth-order valence-corrected chi connectivity index (χ4v) is 3.40. The summed E-state index contributed by atoms with van der Waals surface area (Å²) in [5.74, 6) is 0. The van der Waals surface area contributed by atoms with E-state index >= 15 is 0 Å². The topological polar surface area (TPSA) is 15.3 Å². The lowest BCUT2D eigenvalue weighted by atomic mass is 10.1. The monoisotopic (exact) mass is 302 g/mol. The molecule has 0 aliphatic carbocycles. The molecule has 1 aromatic heterocycles. The molecule has 0 aliphatic heterocycles. The SMILES string of the molecule is Cc1cccc(CN(C)Cc2ccc(CNC(C)C)s2)c1. The van der Waals surface area contributed by atoms with Crippen LogP contribution in [0.4, 0.5) is 0 Å². The van der Waals surface area contributed by atoms with Gasteiger partial charge in [-0.25, -0.2) is 0 Å². The van der Waals surface area contributed by atoms with Gasteiger partial charge in [-0.1, -0.05) is 43.7 Å². The summed E-state index contributed by atoms with van der Waals surface area (Å²) in [4.78, 5) is 5.23. The van der Waals surface area contributed by atoms with Crippen molar-refractivity contribution in [3.05, 3.63) is 57.3 Å². The third-order valence-corrected chi connectivity index (χ3v) is 4.43.